The van der Waals surface area contributed by atoms with Crippen LogP contribution in [0.15, 0.2) is 23.8 Å². The predicted molar refractivity (Wildman–Crippen MR) is 104 cm³/mol. The summed E-state index contributed by atoms with van der Waals surface area (Å²) in [4.78, 5) is 24.9. The van der Waals surface area contributed by atoms with Crippen molar-refractivity contribution in [3.8, 4) is 0 Å². The Balaban J connectivity index is 1.81. The van der Waals surface area contributed by atoms with Gasteiger partial charge in [-0.05, 0) is 49.7 Å². The van der Waals surface area contributed by atoms with Gasteiger partial charge in [0.15, 0.2) is 17.2 Å². The average molecular weight is 403 g/mol. The van der Waals surface area contributed by atoms with Crippen molar-refractivity contribution in [3.05, 3.63) is 23.8 Å². The maximum absolute atomic E-state index is 12.9. The molecule has 0 spiro atoms. The summed E-state index contributed by atoms with van der Waals surface area (Å²) in [5.74, 6) is -0.296. The van der Waals surface area contributed by atoms with Crippen LogP contribution in [0.25, 0.3) is 0 Å². The predicted octanol–water partition coefficient (Wildman–Crippen LogP) is 2.27. The number of fused-ring (bicyclic) bond motifs is 5. The van der Waals surface area contributed by atoms with Gasteiger partial charge in [0.1, 0.15) is 6.61 Å². The summed E-state index contributed by atoms with van der Waals surface area (Å²) in [6, 6.07) is 0. The Morgan fingerprint density at radius 2 is 2.03 bits per heavy atom. The monoisotopic (exact) mass is 403 g/mol. The minimum absolute atomic E-state index is 0.00539. The zero-order valence-electron chi connectivity index (χ0n) is 17.6. The Hall–Kier alpha value is -1.34. The zero-order valence-corrected chi connectivity index (χ0v) is 17.6. The highest BCUT2D eigenvalue weighted by Gasteiger charge is 2.72. The fraction of sp³-hybridized carbons (Fsp3) is 0.739. The van der Waals surface area contributed by atoms with E-state index in [0.717, 1.165) is 18.4 Å². The van der Waals surface area contributed by atoms with Crippen LogP contribution in [0.4, 0.5) is 0 Å². The highest BCUT2D eigenvalue weighted by atomic mass is 16.5. The summed E-state index contributed by atoms with van der Waals surface area (Å²) in [6.07, 6.45) is 6.74. The van der Waals surface area contributed by atoms with E-state index in [1.165, 1.54) is 7.11 Å². The molecule has 6 unspecified atom stereocenters. The maximum Gasteiger partial charge on any atom is 0.196 e. The molecule has 1 radical (unpaired) electrons. The highest BCUT2D eigenvalue weighted by molar-refractivity contribution is 6.01. The Morgan fingerprint density at radius 1 is 1.31 bits per heavy atom. The number of hydrogen-bond donors (Lipinski definition) is 1. The van der Waals surface area contributed by atoms with E-state index in [1.807, 2.05) is 13.0 Å². The van der Waals surface area contributed by atoms with Crippen LogP contribution in [0.2, 0.25) is 0 Å². The summed E-state index contributed by atoms with van der Waals surface area (Å²) < 4.78 is 11.6. The average Bonchev–Trinajstić information content (AvgIpc) is 2.95. The van der Waals surface area contributed by atoms with Gasteiger partial charge in [-0.1, -0.05) is 25.5 Å². The molecule has 4 aliphatic carbocycles. The van der Waals surface area contributed by atoms with E-state index < -0.39 is 35.6 Å². The number of rotatable bonds is 4. The van der Waals surface area contributed by atoms with Gasteiger partial charge in [0, 0.05) is 31.0 Å². The Morgan fingerprint density at radius 3 is 2.66 bits per heavy atom. The van der Waals surface area contributed by atoms with Gasteiger partial charge in [-0.25, -0.2) is 5.11 Å². The van der Waals surface area contributed by atoms with E-state index in [1.54, 1.807) is 19.3 Å². The lowest BCUT2D eigenvalue weighted by Gasteiger charge is -2.59. The van der Waals surface area contributed by atoms with Crippen molar-refractivity contribution in [3.63, 3.8) is 0 Å². The molecule has 0 aromatic rings. The van der Waals surface area contributed by atoms with Crippen LogP contribution >= 0.6 is 0 Å². The lowest BCUT2D eigenvalue weighted by atomic mass is 9.46. The number of aliphatic hydroxyl groups excluding tert-OH is 1. The molecule has 0 aromatic heterocycles. The summed E-state index contributed by atoms with van der Waals surface area (Å²) >= 11 is 0. The van der Waals surface area contributed by atoms with Crippen LogP contribution in [0, 0.1) is 28.6 Å². The molecule has 8 atom stereocenters. The molecule has 3 saturated carbocycles. The first-order chi connectivity index (χ1) is 13.7. The van der Waals surface area contributed by atoms with Gasteiger partial charge in [0.2, 0.25) is 0 Å². The second-order valence-electron chi connectivity index (χ2n) is 9.68. The number of ether oxygens (including phenoxy) is 2. The first-order valence-corrected chi connectivity index (χ1v) is 10.5. The number of Topliss-reactive ketones (excluding diaryl/α,β-unsaturated/α-hetero) is 1. The van der Waals surface area contributed by atoms with Gasteiger partial charge in [0.25, 0.3) is 0 Å². The smallest absolute Gasteiger partial charge is 0.196 e. The van der Waals surface area contributed by atoms with E-state index >= 15 is 0 Å². The molecule has 0 amide bonds. The lowest BCUT2D eigenvalue weighted by molar-refractivity contribution is -0.203. The van der Waals surface area contributed by atoms with Crippen molar-refractivity contribution in [2.45, 2.75) is 57.3 Å². The fourth-order valence-corrected chi connectivity index (χ4v) is 7.64. The molecule has 4 rings (SSSR count). The molecule has 0 aliphatic heterocycles. The molecule has 0 saturated heterocycles. The SMILES string of the molecule is COC1CC2C3CCC4=CC(=O)C=C[C@]4(C)C3C(O)C[C@]2(C)C1(OC)C(=O)C[O]. The number of carbonyl (C=O) groups is 2. The third-order valence-corrected chi connectivity index (χ3v) is 8.81. The fourth-order valence-electron chi connectivity index (χ4n) is 7.64. The van der Waals surface area contributed by atoms with Crippen LogP contribution in [-0.2, 0) is 24.2 Å². The third-order valence-electron chi connectivity index (χ3n) is 8.81. The van der Waals surface area contributed by atoms with Gasteiger partial charge in [0.05, 0.1) is 12.2 Å². The van der Waals surface area contributed by atoms with Crippen LogP contribution < -0.4 is 0 Å². The maximum atomic E-state index is 12.9. The Bertz CT molecular complexity index is 786. The largest absolute Gasteiger partial charge is 0.393 e. The number of carbonyl (C=O) groups excluding carboxylic acids is 2. The van der Waals surface area contributed by atoms with E-state index in [9.17, 15) is 19.8 Å². The first-order valence-electron chi connectivity index (χ1n) is 10.5. The van der Waals surface area contributed by atoms with Crippen molar-refractivity contribution in [2.75, 3.05) is 20.8 Å². The highest BCUT2D eigenvalue weighted by Crippen LogP contribution is 2.68. The summed E-state index contributed by atoms with van der Waals surface area (Å²) in [5, 5.41) is 23.1. The molecule has 3 fully saturated rings. The van der Waals surface area contributed by atoms with Gasteiger partial charge in [-0.15, -0.1) is 0 Å². The van der Waals surface area contributed by atoms with E-state index in [0.29, 0.717) is 12.8 Å². The third kappa shape index (κ3) is 2.49. The number of methoxy groups -OCH3 is 2. The van der Waals surface area contributed by atoms with Crippen LogP contribution in [0.5, 0.6) is 0 Å². The second-order valence-corrected chi connectivity index (χ2v) is 9.68. The van der Waals surface area contributed by atoms with Crippen LogP contribution in [0.3, 0.4) is 0 Å². The number of aliphatic hydroxyl groups is 1. The molecular formula is C23H31O6. The number of ketones is 2. The van der Waals surface area contributed by atoms with E-state index in [2.05, 4.69) is 6.92 Å². The Kier molecular flexibility index (Phi) is 4.93. The summed E-state index contributed by atoms with van der Waals surface area (Å²) in [5.41, 5.74) is -1.31. The Labute approximate surface area is 172 Å². The molecule has 29 heavy (non-hydrogen) atoms. The normalized spacial score (nSPS) is 48.6. The lowest BCUT2D eigenvalue weighted by Crippen LogP contribution is -2.64. The van der Waals surface area contributed by atoms with Crippen molar-refractivity contribution < 1.29 is 29.3 Å². The second kappa shape index (κ2) is 6.84. The van der Waals surface area contributed by atoms with Crippen molar-refractivity contribution >= 4 is 11.6 Å². The topological polar surface area (TPSA) is 92.7 Å². The van der Waals surface area contributed by atoms with Gasteiger partial charge >= 0.3 is 0 Å². The van der Waals surface area contributed by atoms with E-state index in [4.69, 9.17) is 9.47 Å². The molecular weight excluding hydrogens is 372 g/mol. The molecule has 1 N–H and O–H groups in total. The van der Waals surface area contributed by atoms with Crippen LogP contribution in [0.1, 0.15) is 39.5 Å². The first kappa shape index (κ1) is 20.9. The molecule has 6 heteroatoms. The van der Waals surface area contributed by atoms with Gasteiger partial charge < -0.3 is 14.6 Å². The minimum atomic E-state index is -1.34. The standard InChI is InChI=1S/C23H31O6/c1-21-8-7-14(25)9-13(21)5-6-15-16-10-19(28-3)23(29-4,18(27)12-24)22(16,2)11-17(26)20(15)21/h7-9,15-17,19-20,26H,5-6,10-12H2,1-4H3/t15?,16?,17?,19?,20?,21-,22-,23?/m0/s1. The zero-order chi connectivity index (χ0) is 21.2. The summed E-state index contributed by atoms with van der Waals surface area (Å²) in [6.45, 7) is 3.23. The molecule has 0 bridgehead atoms. The van der Waals surface area contributed by atoms with Crippen molar-refractivity contribution in [2.24, 2.45) is 28.6 Å². The van der Waals surface area contributed by atoms with Gasteiger partial charge in [-0.3, -0.25) is 9.59 Å². The number of hydrogen-bond acceptors (Lipinski definition) is 5. The van der Waals surface area contributed by atoms with Crippen LogP contribution in [-0.4, -0.2) is 55.3 Å². The quantitative estimate of drug-likeness (QED) is 0.777. The molecule has 4 aliphatic rings. The minimum Gasteiger partial charge on any atom is -0.393 e. The molecule has 159 valence electrons. The molecule has 0 heterocycles. The van der Waals surface area contributed by atoms with E-state index in [-0.39, 0.29) is 29.0 Å². The molecule has 6 nitrogen and oxygen atoms in total. The van der Waals surface area contributed by atoms with Gasteiger partial charge in [-0.2, -0.15) is 0 Å². The van der Waals surface area contributed by atoms with Crippen molar-refractivity contribution in [1.82, 2.24) is 0 Å². The van der Waals surface area contributed by atoms with Crippen molar-refractivity contribution in [1.29, 1.82) is 0 Å². The summed E-state index contributed by atoms with van der Waals surface area (Å²) in [7, 11) is 3.04. The molecule has 0 aromatic carbocycles. The number of allylic oxidation sites excluding steroid dienone is 4.